The Morgan fingerprint density at radius 3 is 2.64 bits per heavy atom. The number of hydrogen-bond donors (Lipinski definition) is 2. The number of anilines is 1. The standard InChI is InChI=1S/C15H19FN4O.ClH/c1-3-4-13(17)15(21)18-14-9-10(2)19-20(14)12-7-5-11(16)6-8-12;/h5-9,13H,3-4,17H2,1-2H3,(H,18,21);1H. The molecular weight excluding hydrogens is 307 g/mol. The van der Waals surface area contributed by atoms with Gasteiger partial charge in [-0.15, -0.1) is 12.4 Å². The molecule has 1 aromatic heterocycles. The fourth-order valence-corrected chi connectivity index (χ4v) is 2.03. The molecule has 2 aromatic rings. The summed E-state index contributed by atoms with van der Waals surface area (Å²) in [5.74, 6) is -0.0473. The Kier molecular flexibility index (Phi) is 6.52. The van der Waals surface area contributed by atoms with Crippen molar-refractivity contribution in [1.29, 1.82) is 0 Å². The number of carbonyl (C=O) groups excluding carboxylic acids is 1. The molecule has 0 saturated carbocycles. The van der Waals surface area contributed by atoms with Crippen LogP contribution in [-0.2, 0) is 4.79 Å². The lowest BCUT2D eigenvalue weighted by molar-refractivity contribution is -0.117. The Morgan fingerprint density at radius 2 is 2.05 bits per heavy atom. The molecule has 0 aliphatic carbocycles. The van der Waals surface area contributed by atoms with Crippen molar-refractivity contribution in [2.75, 3.05) is 5.32 Å². The molecule has 1 atom stereocenters. The van der Waals surface area contributed by atoms with Gasteiger partial charge in [0.25, 0.3) is 0 Å². The molecule has 7 heteroatoms. The second kappa shape index (κ2) is 7.91. The number of rotatable bonds is 5. The molecule has 0 saturated heterocycles. The van der Waals surface area contributed by atoms with Crippen molar-refractivity contribution in [2.24, 2.45) is 5.73 Å². The fraction of sp³-hybridized carbons (Fsp3) is 0.333. The van der Waals surface area contributed by atoms with Crippen LogP contribution in [0.5, 0.6) is 0 Å². The van der Waals surface area contributed by atoms with Gasteiger partial charge in [0.1, 0.15) is 11.6 Å². The van der Waals surface area contributed by atoms with E-state index in [4.69, 9.17) is 5.73 Å². The van der Waals surface area contributed by atoms with Gasteiger partial charge in [-0.05, 0) is 37.6 Å². The lowest BCUT2D eigenvalue weighted by Gasteiger charge is -2.12. The van der Waals surface area contributed by atoms with E-state index < -0.39 is 6.04 Å². The van der Waals surface area contributed by atoms with Crippen LogP contribution < -0.4 is 11.1 Å². The molecule has 5 nitrogen and oxygen atoms in total. The molecule has 0 radical (unpaired) electrons. The monoisotopic (exact) mass is 326 g/mol. The van der Waals surface area contributed by atoms with Crippen LogP contribution in [0.2, 0.25) is 0 Å². The third-order valence-electron chi connectivity index (χ3n) is 3.09. The van der Waals surface area contributed by atoms with Crippen molar-refractivity contribution in [3.8, 4) is 5.69 Å². The van der Waals surface area contributed by atoms with Crippen LogP contribution in [0, 0.1) is 12.7 Å². The average Bonchev–Trinajstić information content (AvgIpc) is 2.80. The van der Waals surface area contributed by atoms with Gasteiger partial charge in [-0.1, -0.05) is 13.3 Å². The summed E-state index contributed by atoms with van der Waals surface area (Å²) in [4.78, 5) is 12.0. The predicted molar refractivity (Wildman–Crippen MR) is 87.0 cm³/mol. The lowest BCUT2D eigenvalue weighted by Crippen LogP contribution is -2.35. The minimum atomic E-state index is -0.549. The highest BCUT2D eigenvalue weighted by Crippen LogP contribution is 2.17. The largest absolute Gasteiger partial charge is 0.320 e. The van der Waals surface area contributed by atoms with E-state index in [9.17, 15) is 9.18 Å². The van der Waals surface area contributed by atoms with Crippen molar-refractivity contribution in [3.05, 3.63) is 41.8 Å². The van der Waals surface area contributed by atoms with Crippen molar-refractivity contribution >= 4 is 24.1 Å². The molecular formula is C15H20ClFN4O. The van der Waals surface area contributed by atoms with Gasteiger partial charge in [-0.25, -0.2) is 9.07 Å². The quantitative estimate of drug-likeness (QED) is 0.887. The first-order chi connectivity index (χ1) is 10.0. The summed E-state index contributed by atoms with van der Waals surface area (Å²) < 4.78 is 14.6. The molecule has 1 amide bonds. The van der Waals surface area contributed by atoms with E-state index in [1.807, 2.05) is 13.8 Å². The molecule has 1 aromatic carbocycles. The average molecular weight is 327 g/mol. The van der Waals surface area contributed by atoms with Crippen LogP contribution in [0.25, 0.3) is 5.69 Å². The predicted octanol–water partition coefficient (Wildman–Crippen LogP) is 2.81. The van der Waals surface area contributed by atoms with Crippen molar-refractivity contribution in [1.82, 2.24) is 9.78 Å². The van der Waals surface area contributed by atoms with Gasteiger partial charge >= 0.3 is 0 Å². The first kappa shape index (κ1) is 18.1. The molecule has 2 rings (SSSR count). The highest BCUT2D eigenvalue weighted by atomic mass is 35.5. The van der Waals surface area contributed by atoms with Gasteiger partial charge in [-0.2, -0.15) is 5.10 Å². The summed E-state index contributed by atoms with van der Waals surface area (Å²) in [6.07, 6.45) is 1.46. The maximum Gasteiger partial charge on any atom is 0.242 e. The van der Waals surface area contributed by atoms with E-state index >= 15 is 0 Å². The number of nitrogens with zero attached hydrogens (tertiary/aromatic N) is 2. The SMILES string of the molecule is CCCC(N)C(=O)Nc1cc(C)nn1-c1ccc(F)cc1.Cl. The third-order valence-corrected chi connectivity index (χ3v) is 3.09. The molecule has 1 heterocycles. The summed E-state index contributed by atoms with van der Waals surface area (Å²) in [7, 11) is 0. The molecule has 0 aliphatic rings. The van der Waals surface area contributed by atoms with Crippen molar-refractivity contribution < 1.29 is 9.18 Å². The summed E-state index contributed by atoms with van der Waals surface area (Å²) in [6.45, 7) is 3.79. The number of aromatic nitrogens is 2. The van der Waals surface area contributed by atoms with Crippen LogP contribution in [0.3, 0.4) is 0 Å². The Morgan fingerprint density at radius 1 is 1.41 bits per heavy atom. The zero-order valence-electron chi connectivity index (χ0n) is 12.5. The highest BCUT2D eigenvalue weighted by Gasteiger charge is 2.16. The van der Waals surface area contributed by atoms with E-state index in [2.05, 4.69) is 10.4 Å². The number of nitrogens with one attached hydrogen (secondary N) is 1. The molecule has 3 N–H and O–H groups in total. The van der Waals surface area contributed by atoms with Gasteiger partial charge in [0, 0.05) is 6.07 Å². The van der Waals surface area contributed by atoms with Gasteiger partial charge in [0.05, 0.1) is 17.4 Å². The number of hydrogen-bond acceptors (Lipinski definition) is 3. The van der Waals surface area contributed by atoms with Crippen molar-refractivity contribution in [3.63, 3.8) is 0 Å². The van der Waals surface area contributed by atoms with Gasteiger partial charge in [0.15, 0.2) is 0 Å². The summed E-state index contributed by atoms with van der Waals surface area (Å²) >= 11 is 0. The minimum Gasteiger partial charge on any atom is -0.320 e. The Bertz CT molecular complexity index is 627. The third kappa shape index (κ3) is 4.29. The second-order valence-corrected chi connectivity index (χ2v) is 4.94. The van der Waals surface area contributed by atoms with Gasteiger partial charge in [-0.3, -0.25) is 4.79 Å². The Hall–Kier alpha value is -1.92. The number of benzene rings is 1. The topological polar surface area (TPSA) is 72.9 Å². The van der Waals surface area contributed by atoms with E-state index in [0.717, 1.165) is 12.1 Å². The molecule has 0 aliphatic heterocycles. The van der Waals surface area contributed by atoms with Crippen LogP contribution >= 0.6 is 12.4 Å². The first-order valence-electron chi connectivity index (χ1n) is 6.90. The van der Waals surface area contributed by atoms with Crippen LogP contribution in [0.15, 0.2) is 30.3 Å². The van der Waals surface area contributed by atoms with Gasteiger partial charge < -0.3 is 11.1 Å². The first-order valence-corrected chi connectivity index (χ1v) is 6.90. The number of aryl methyl sites for hydroxylation is 1. The Balaban J connectivity index is 0.00000242. The van der Waals surface area contributed by atoms with Crippen LogP contribution in [0.4, 0.5) is 10.2 Å². The second-order valence-electron chi connectivity index (χ2n) is 4.94. The van der Waals surface area contributed by atoms with E-state index in [-0.39, 0.29) is 24.1 Å². The maximum atomic E-state index is 13.0. The zero-order chi connectivity index (χ0) is 15.4. The highest BCUT2D eigenvalue weighted by molar-refractivity contribution is 5.94. The minimum absolute atomic E-state index is 0. The molecule has 22 heavy (non-hydrogen) atoms. The molecule has 120 valence electrons. The summed E-state index contributed by atoms with van der Waals surface area (Å²) in [5.41, 5.74) is 7.22. The number of nitrogens with two attached hydrogens (primary N) is 1. The van der Waals surface area contributed by atoms with E-state index in [0.29, 0.717) is 17.9 Å². The fourth-order valence-electron chi connectivity index (χ4n) is 2.03. The summed E-state index contributed by atoms with van der Waals surface area (Å²) in [6, 6.07) is 7.10. The van der Waals surface area contributed by atoms with E-state index in [1.54, 1.807) is 22.9 Å². The van der Waals surface area contributed by atoms with E-state index in [1.165, 1.54) is 12.1 Å². The number of halogens is 2. The number of amides is 1. The summed E-state index contributed by atoms with van der Waals surface area (Å²) in [5, 5.41) is 7.08. The molecule has 0 bridgehead atoms. The van der Waals surface area contributed by atoms with Gasteiger partial charge in [0.2, 0.25) is 5.91 Å². The van der Waals surface area contributed by atoms with Crippen molar-refractivity contribution in [2.45, 2.75) is 32.7 Å². The Labute approximate surface area is 135 Å². The smallest absolute Gasteiger partial charge is 0.242 e. The molecule has 0 fully saturated rings. The molecule has 0 spiro atoms. The molecule has 1 unspecified atom stereocenters. The zero-order valence-corrected chi connectivity index (χ0v) is 13.4. The number of carbonyl (C=O) groups is 1. The maximum absolute atomic E-state index is 13.0. The van der Waals surface area contributed by atoms with Crippen LogP contribution in [0.1, 0.15) is 25.5 Å². The van der Waals surface area contributed by atoms with Crippen LogP contribution in [-0.4, -0.2) is 21.7 Å². The normalized spacial score (nSPS) is 11.6. The lowest BCUT2D eigenvalue weighted by atomic mass is 10.2.